The van der Waals surface area contributed by atoms with Gasteiger partial charge in [0, 0.05) is 44.0 Å². The summed E-state index contributed by atoms with van der Waals surface area (Å²) in [6.07, 6.45) is 0. The van der Waals surface area contributed by atoms with E-state index in [9.17, 15) is 0 Å². The minimum Gasteiger partial charge on any atom is -0.456 e. The van der Waals surface area contributed by atoms with Crippen molar-refractivity contribution in [2.24, 2.45) is 0 Å². The topological polar surface area (TPSA) is 21.3 Å². The molecule has 11 aromatic rings. The van der Waals surface area contributed by atoms with E-state index < -0.39 is 0 Å². The van der Waals surface area contributed by atoms with E-state index in [1.54, 1.807) is 0 Å². The van der Waals surface area contributed by atoms with Gasteiger partial charge in [0.2, 0.25) is 0 Å². The molecule has 0 N–H and O–H groups in total. The van der Waals surface area contributed by atoms with E-state index in [4.69, 9.17) is 4.42 Å². The van der Waals surface area contributed by atoms with Crippen LogP contribution in [-0.2, 0) is 0 Å². The van der Waals surface area contributed by atoms with Gasteiger partial charge >= 0.3 is 0 Å². The number of hydrogen-bond donors (Lipinski definition) is 0. The van der Waals surface area contributed by atoms with Crippen molar-refractivity contribution in [1.29, 1.82) is 0 Å². The summed E-state index contributed by atoms with van der Waals surface area (Å²) in [6, 6.07) is 78.2. The molecule has 0 bridgehead atoms. The molecule has 9 aromatic carbocycles. The fourth-order valence-electron chi connectivity index (χ4n) is 8.57. The van der Waals surface area contributed by atoms with Gasteiger partial charge in [-0.15, -0.1) is 0 Å². The Morgan fingerprint density at radius 3 is 1.58 bits per heavy atom. The third-order valence-corrected chi connectivity index (χ3v) is 11.2. The summed E-state index contributed by atoms with van der Waals surface area (Å²) in [5.74, 6) is 0. The van der Waals surface area contributed by atoms with E-state index in [1.165, 1.54) is 32.9 Å². The number of fused-ring (bicyclic) bond motifs is 6. The van der Waals surface area contributed by atoms with Gasteiger partial charge in [-0.1, -0.05) is 158 Å². The van der Waals surface area contributed by atoms with Gasteiger partial charge in [-0.3, -0.25) is 0 Å². The van der Waals surface area contributed by atoms with E-state index in [2.05, 4.69) is 216 Å². The summed E-state index contributed by atoms with van der Waals surface area (Å²) < 4.78 is 8.80. The number of anilines is 3. The monoisotopic (exact) mass is 728 g/mol. The molecule has 3 heteroatoms. The van der Waals surface area contributed by atoms with Gasteiger partial charge in [0.25, 0.3) is 0 Å². The van der Waals surface area contributed by atoms with Crippen LogP contribution in [0.25, 0.3) is 82.8 Å². The highest BCUT2D eigenvalue weighted by Gasteiger charge is 2.22. The van der Waals surface area contributed by atoms with E-state index in [-0.39, 0.29) is 0 Å². The lowest BCUT2D eigenvalue weighted by atomic mass is 9.97. The summed E-state index contributed by atoms with van der Waals surface area (Å²) in [4.78, 5) is 2.43. The lowest BCUT2D eigenvalue weighted by Crippen LogP contribution is -2.13. The first-order chi connectivity index (χ1) is 28.3. The second-order valence-corrected chi connectivity index (χ2v) is 14.5. The number of para-hydroxylation sites is 5. The second-order valence-electron chi connectivity index (χ2n) is 14.5. The first-order valence-corrected chi connectivity index (χ1v) is 19.4. The quantitative estimate of drug-likeness (QED) is 0.163. The maximum absolute atomic E-state index is 6.41. The number of rotatable bonds is 7. The SMILES string of the molecule is c1ccc(-c2ccc(-c3ccccc3N(c3cccc(-n4c5ccccc5c5ccccc54)c3)c3ccccc3-c3ccc4c(c3)oc3ccccc34)cc2)cc1. The first kappa shape index (κ1) is 32.8. The average molecular weight is 729 g/mol. The highest BCUT2D eigenvalue weighted by atomic mass is 16.3. The summed E-state index contributed by atoms with van der Waals surface area (Å²) >= 11 is 0. The lowest BCUT2D eigenvalue weighted by molar-refractivity contribution is 0.669. The maximum atomic E-state index is 6.41. The van der Waals surface area contributed by atoms with Gasteiger partial charge < -0.3 is 13.9 Å². The van der Waals surface area contributed by atoms with Crippen molar-refractivity contribution in [3.63, 3.8) is 0 Å². The van der Waals surface area contributed by atoms with Crippen LogP contribution in [0.3, 0.4) is 0 Å². The Bertz CT molecular complexity index is 3190. The molecule has 0 spiro atoms. The van der Waals surface area contributed by atoms with Crippen LogP contribution in [0.5, 0.6) is 0 Å². The minimum absolute atomic E-state index is 0.877. The van der Waals surface area contributed by atoms with Crippen molar-refractivity contribution < 1.29 is 4.42 Å². The standard InChI is InChI=1S/C54H36N2O/c1-2-15-37(16-3-1)38-29-31-39(32-30-38)43-19-4-9-24-49(43)55(41-17-14-18-42(36-41)56-51-26-11-6-21-45(51)46-22-7-12-27-52(46)56)50-25-10-5-20-44(50)40-33-34-48-47-23-8-13-28-53(47)57-54(48)35-40/h1-36H. The second kappa shape index (κ2) is 13.6. The molecular weight excluding hydrogens is 693 g/mol. The highest BCUT2D eigenvalue weighted by molar-refractivity contribution is 6.09. The summed E-state index contributed by atoms with van der Waals surface area (Å²) in [5.41, 5.74) is 15.3. The fourth-order valence-corrected chi connectivity index (χ4v) is 8.57. The summed E-state index contributed by atoms with van der Waals surface area (Å²) in [5, 5.41) is 4.73. The fraction of sp³-hybridized carbons (Fsp3) is 0. The predicted octanol–water partition coefficient (Wildman–Crippen LogP) is 15.2. The molecule has 0 aliphatic carbocycles. The van der Waals surface area contributed by atoms with Crippen LogP contribution in [0, 0.1) is 0 Å². The van der Waals surface area contributed by atoms with Gasteiger partial charge in [0.15, 0.2) is 0 Å². The summed E-state index contributed by atoms with van der Waals surface area (Å²) in [7, 11) is 0. The van der Waals surface area contributed by atoms with Gasteiger partial charge in [-0.2, -0.15) is 0 Å². The van der Waals surface area contributed by atoms with Gasteiger partial charge in [0.05, 0.1) is 22.4 Å². The van der Waals surface area contributed by atoms with Crippen molar-refractivity contribution in [1.82, 2.24) is 4.57 Å². The molecule has 11 rings (SSSR count). The predicted molar refractivity (Wildman–Crippen MR) is 239 cm³/mol. The van der Waals surface area contributed by atoms with Crippen LogP contribution in [0.1, 0.15) is 0 Å². The third-order valence-electron chi connectivity index (χ3n) is 11.2. The van der Waals surface area contributed by atoms with Crippen LogP contribution < -0.4 is 4.90 Å². The molecule has 0 saturated heterocycles. The van der Waals surface area contributed by atoms with Crippen LogP contribution in [0.2, 0.25) is 0 Å². The van der Waals surface area contributed by atoms with Crippen molar-refractivity contribution in [3.8, 4) is 39.1 Å². The van der Waals surface area contributed by atoms with Crippen molar-refractivity contribution in [2.75, 3.05) is 4.90 Å². The van der Waals surface area contributed by atoms with Crippen molar-refractivity contribution in [3.05, 3.63) is 218 Å². The van der Waals surface area contributed by atoms with Gasteiger partial charge in [-0.25, -0.2) is 0 Å². The van der Waals surface area contributed by atoms with Crippen LogP contribution in [0.4, 0.5) is 17.1 Å². The molecule has 0 atom stereocenters. The zero-order valence-electron chi connectivity index (χ0n) is 31.1. The Kier molecular flexibility index (Phi) is 7.82. The average Bonchev–Trinajstić information content (AvgIpc) is 3.83. The molecule has 3 nitrogen and oxygen atoms in total. The number of nitrogens with zero attached hydrogens (tertiary/aromatic N) is 2. The molecule has 0 aliphatic heterocycles. The highest BCUT2D eigenvalue weighted by Crippen LogP contribution is 2.46. The molecule has 2 aromatic heterocycles. The Hall–Kier alpha value is -7.62. The molecule has 0 amide bonds. The minimum atomic E-state index is 0.877. The first-order valence-electron chi connectivity index (χ1n) is 19.4. The molecule has 268 valence electrons. The molecule has 0 aliphatic rings. The zero-order chi connectivity index (χ0) is 37.7. The van der Waals surface area contributed by atoms with E-state index in [0.29, 0.717) is 0 Å². The third kappa shape index (κ3) is 5.60. The molecule has 0 unspecified atom stereocenters. The van der Waals surface area contributed by atoms with Gasteiger partial charge in [0.1, 0.15) is 11.2 Å². The van der Waals surface area contributed by atoms with Gasteiger partial charge in [-0.05, 0) is 82.9 Å². The Labute approximate surface area is 330 Å². The van der Waals surface area contributed by atoms with E-state index >= 15 is 0 Å². The molecule has 0 saturated carbocycles. The van der Waals surface area contributed by atoms with Crippen molar-refractivity contribution >= 4 is 60.8 Å². The Balaban J connectivity index is 1.13. The van der Waals surface area contributed by atoms with Crippen LogP contribution in [-0.4, -0.2) is 4.57 Å². The number of hydrogen-bond acceptors (Lipinski definition) is 2. The van der Waals surface area contributed by atoms with Crippen LogP contribution >= 0.6 is 0 Å². The molecule has 0 radical (unpaired) electrons. The van der Waals surface area contributed by atoms with Crippen molar-refractivity contribution in [2.45, 2.75) is 0 Å². The number of aromatic nitrogens is 1. The summed E-state index contributed by atoms with van der Waals surface area (Å²) in [6.45, 7) is 0. The molecule has 2 heterocycles. The number of furan rings is 1. The molecule has 0 fully saturated rings. The smallest absolute Gasteiger partial charge is 0.136 e. The Morgan fingerprint density at radius 1 is 0.333 bits per heavy atom. The molecular formula is C54H36N2O. The largest absolute Gasteiger partial charge is 0.456 e. The normalized spacial score (nSPS) is 11.5. The lowest BCUT2D eigenvalue weighted by Gasteiger charge is -2.30. The van der Waals surface area contributed by atoms with E-state index in [0.717, 1.165) is 66.9 Å². The molecule has 57 heavy (non-hydrogen) atoms. The van der Waals surface area contributed by atoms with Crippen LogP contribution in [0.15, 0.2) is 223 Å². The number of benzene rings is 9. The zero-order valence-corrected chi connectivity index (χ0v) is 31.1. The maximum Gasteiger partial charge on any atom is 0.136 e. The Morgan fingerprint density at radius 2 is 0.860 bits per heavy atom. The van der Waals surface area contributed by atoms with E-state index in [1.807, 2.05) is 12.1 Å².